The third-order valence-electron chi connectivity index (χ3n) is 3.23. The van der Waals surface area contributed by atoms with Crippen molar-refractivity contribution in [3.8, 4) is 5.75 Å². The van der Waals surface area contributed by atoms with Gasteiger partial charge in [-0.2, -0.15) is 0 Å². The maximum atomic E-state index is 9.85. The topological polar surface area (TPSA) is 29.5 Å². The van der Waals surface area contributed by atoms with Crippen molar-refractivity contribution in [3.63, 3.8) is 0 Å². The molecule has 0 amide bonds. The molecule has 0 bridgehead atoms. The first kappa shape index (κ1) is 9.53. The molecule has 1 N–H and O–H groups in total. The number of hydrogen-bond acceptors (Lipinski definition) is 2. The van der Waals surface area contributed by atoms with Gasteiger partial charge in [-0.25, -0.2) is 0 Å². The van der Waals surface area contributed by atoms with Crippen LogP contribution in [0.25, 0.3) is 0 Å². The highest BCUT2D eigenvalue weighted by molar-refractivity contribution is 5.45. The zero-order valence-corrected chi connectivity index (χ0v) is 8.71. The molecular formula is C12H16O2. The van der Waals surface area contributed by atoms with Crippen LogP contribution in [-0.4, -0.2) is 5.11 Å². The fourth-order valence-corrected chi connectivity index (χ4v) is 2.33. The molecule has 1 aliphatic rings. The first-order valence-corrected chi connectivity index (χ1v) is 5.19. The summed E-state index contributed by atoms with van der Waals surface area (Å²) in [4.78, 5) is 0. The standard InChI is InChI=1S/C12H16O2/c1-3-12(4-2)11-9(8-14-12)6-5-7-10(11)13/h5-7,13H,3-4,8H2,1-2H3. The number of benzene rings is 1. The SMILES string of the molecule is CCC1(CC)OCc2cccc(O)c21. The molecule has 0 aromatic heterocycles. The van der Waals surface area contributed by atoms with Crippen LogP contribution in [0.2, 0.25) is 0 Å². The van der Waals surface area contributed by atoms with Crippen molar-refractivity contribution in [3.05, 3.63) is 29.3 Å². The van der Waals surface area contributed by atoms with Crippen LogP contribution in [0.3, 0.4) is 0 Å². The molecule has 1 heterocycles. The molecule has 0 saturated carbocycles. The summed E-state index contributed by atoms with van der Waals surface area (Å²) in [5.74, 6) is 0.378. The summed E-state index contributed by atoms with van der Waals surface area (Å²) in [5, 5.41) is 9.85. The van der Waals surface area contributed by atoms with Crippen LogP contribution in [-0.2, 0) is 16.9 Å². The molecule has 0 fully saturated rings. The van der Waals surface area contributed by atoms with Gasteiger partial charge in [0.1, 0.15) is 5.75 Å². The van der Waals surface area contributed by atoms with Crippen LogP contribution in [0.1, 0.15) is 37.8 Å². The number of fused-ring (bicyclic) bond motifs is 1. The van der Waals surface area contributed by atoms with Gasteiger partial charge in [0.15, 0.2) is 0 Å². The number of phenolic OH excluding ortho intramolecular Hbond substituents is 1. The van der Waals surface area contributed by atoms with Crippen LogP contribution in [0, 0.1) is 0 Å². The Balaban J connectivity index is 2.56. The first-order chi connectivity index (χ1) is 6.73. The van der Waals surface area contributed by atoms with Crippen molar-refractivity contribution in [2.75, 3.05) is 0 Å². The van der Waals surface area contributed by atoms with Crippen molar-refractivity contribution < 1.29 is 9.84 Å². The summed E-state index contributed by atoms with van der Waals surface area (Å²) >= 11 is 0. The molecule has 2 nitrogen and oxygen atoms in total. The zero-order valence-electron chi connectivity index (χ0n) is 8.71. The zero-order chi connectivity index (χ0) is 10.2. The summed E-state index contributed by atoms with van der Waals surface area (Å²) in [5.41, 5.74) is 1.89. The Kier molecular flexibility index (Phi) is 2.23. The average Bonchev–Trinajstić information content (AvgIpc) is 2.59. The molecule has 0 unspecified atom stereocenters. The van der Waals surface area contributed by atoms with E-state index >= 15 is 0 Å². The van der Waals surface area contributed by atoms with Gasteiger partial charge < -0.3 is 9.84 Å². The molecule has 0 atom stereocenters. The Bertz CT molecular complexity index is 340. The van der Waals surface area contributed by atoms with Gasteiger partial charge in [0.2, 0.25) is 0 Å². The highest BCUT2D eigenvalue weighted by atomic mass is 16.5. The number of aromatic hydroxyl groups is 1. The normalized spacial score (nSPS) is 18.1. The summed E-state index contributed by atoms with van der Waals surface area (Å²) in [6, 6.07) is 5.65. The van der Waals surface area contributed by atoms with Crippen molar-refractivity contribution in [1.29, 1.82) is 0 Å². The first-order valence-electron chi connectivity index (χ1n) is 5.19. The Labute approximate surface area is 84.5 Å². The van der Waals surface area contributed by atoms with Crippen LogP contribution < -0.4 is 0 Å². The second-order valence-electron chi connectivity index (χ2n) is 3.80. The van der Waals surface area contributed by atoms with Crippen molar-refractivity contribution in [2.45, 2.75) is 38.9 Å². The Hall–Kier alpha value is -1.02. The monoisotopic (exact) mass is 192 g/mol. The molecule has 1 aromatic carbocycles. The van der Waals surface area contributed by atoms with E-state index in [0.717, 1.165) is 24.0 Å². The van der Waals surface area contributed by atoms with Crippen LogP contribution in [0.5, 0.6) is 5.75 Å². The van der Waals surface area contributed by atoms with Gasteiger partial charge in [0, 0.05) is 5.56 Å². The van der Waals surface area contributed by atoms with E-state index in [2.05, 4.69) is 13.8 Å². The Morgan fingerprint density at radius 2 is 2.07 bits per heavy atom. The summed E-state index contributed by atoms with van der Waals surface area (Å²) in [7, 11) is 0. The summed E-state index contributed by atoms with van der Waals surface area (Å²) in [6.07, 6.45) is 1.82. The lowest BCUT2D eigenvalue weighted by atomic mass is 9.87. The van der Waals surface area contributed by atoms with Gasteiger partial charge in [0.25, 0.3) is 0 Å². The molecule has 76 valence electrons. The molecule has 0 saturated heterocycles. The summed E-state index contributed by atoms with van der Waals surface area (Å²) in [6.45, 7) is 4.83. The van der Waals surface area contributed by atoms with Crippen molar-refractivity contribution >= 4 is 0 Å². The number of ether oxygens (including phenoxy) is 1. The van der Waals surface area contributed by atoms with Gasteiger partial charge in [-0.15, -0.1) is 0 Å². The number of rotatable bonds is 2. The predicted octanol–water partition coefficient (Wildman–Crippen LogP) is 2.94. The average molecular weight is 192 g/mol. The second-order valence-corrected chi connectivity index (χ2v) is 3.80. The molecule has 14 heavy (non-hydrogen) atoms. The molecule has 1 aliphatic heterocycles. The van der Waals surface area contributed by atoms with Crippen molar-refractivity contribution in [2.24, 2.45) is 0 Å². The van der Waals surface area contributed by atoms with E-state index in [1.165, 1.54) is 0 Å². The van der Waals surface area contributed by atoms with Gasteiger partial charge in [-0.3, -0.25) is 0 Å². The highest BCUT2D eigenvalue weighted by Gasteiger charge is 2.38. The number of phenols is 1. The quantitative estimate of drug-likeness (QED) is 0.780. The maximum absolute atomic E-state index is 9.85. The summed E-state index contributed by atoms with van der Waals surface area (Å²) < 4.78 is 5.83. The molecule has 1 aromatic rings. The largest absolute Gasteiger partial charge is 0.508 e. The minimum Gasteiger partial charge on any atom is -0.508 e. The van der Waals surface area contributed by atoms with Gasteiger partial charge in [0.05, 0.1) is 12.2 Å². The van der Waals surface area contributed by atoms with Crippen molar-refractivity contribution in [1.82, 2.24) is 0 Å². The van der Waals surface area contributed by atoms with Crippen LogP contribution in [0.15, 0.2) is 18.2 Å². The smallest absolute Gasteiger partial charge is 0.122 e. The van der Waals surface area contributed by atoms with E-state index in [-0.39, 0.29) is 5.60 Å². The molecule has 0 spiro atoms. The molecule has 0 radical (unpaired) electrons. The molecule has 2 rings (SSSR count). The third-order valence-corrected chi connectivity index (χ3v) is 3.23. The number of hydrogen-bond donors (Lipinski definition) is 1. The Morgan fingerprint density at radius 3 is 2.71 bits per heavy atom. The third kappa shape index (κ3) is 1.14. The van der Waals surface area contributed by atoms with E-state index in [1.54, 1.807) is 6.07 Å². The molecule has 0 aliphatic carbocycles. The van der Waals surface area contributed by atoms with E-state index in [9.17, 15) is 5.11 Å². The van der Waals surface area contributed by atoms with Crippen LogP contribution in [0.4, 0.5) is 0 Å². The Morgan fingerprint density at radius 1 is 1.36 bits per heavy atom. The van der Waals surface area contributed by atoms with E-state index < -0.39 is 0 Å². The molecule has 2 heteroatoms. The fourth-order valence-electron chi connectivity index (χ4n) is 2.33. The second kappa shape index (κ2) is 3.28. The lowest BCUT2D eigenvalue weighted by Crippen LogP contribution is -2.22. The van der Waals surface area contributed by atoms with E-state index in [0.29, 0.717) is 12.4 Å². The van der Waals surface area contributed by atoms with Gasteiger partial charge >= 0.3 is 0 Å². The predicted molar refractivity (Wildman–Crippen MR) is 55.2 cm³/mol. The minimum absolute atomic E-state index is 0.249. The molecular weight excluding hydrogens is 176 g/mol. The van der Waals surface area contributed by atoms with E-state index in [4.69, 9.17) is 4.74 Å². The van der Waals surface area contributed by atoms with Gasteiger partial charge in [-0.05, 0) is 24.5 Å². The maximum Gasteiger partial charge on any atom is 0.122 e. The lowest BCUT2D eigenvalue weighted by Gasteiger charge is -2.27. The van der Waals surface area contributed by atoms with E-state index in [1.807, 2.05) is 12.1 Å². The lowest BCUT2D eigenvalue weighted by molar-refractivity contribution is -0.0449. The minimum atomic E-state index is -0.249. The van der Waals surface area contributed by atoms with Gasteiger partial charge in [-0.1, -0.05) is 26.0 Å². The fraction of sp³-hybridized carbons (Fsp3) is 0.500. The van der Waals surface area contributed by atoms with Crippen LogP contribution >= 0.6 is 0 Å². The highest BCUT2D eigenvalue weighted by Crippen LogP contribution is 2.45.